The number of hydrogen-bond acceptors (Lipinski definition) is 6. The van der Waals surface area contributed by atoms with Gasteiger partial charge in [-0.15, -0.1) is 11.3 Å². The summed E-state index contributed by atoms with van der Waals surface area (Å²) >= 11 is 1.36. The van der Waals surface area contributed by atoms with Crippen LogP contribution >= 0.6 is 11.3 Å². The van der Waals surface area contributed by atoms with Crippen molar-refractivity contribution in [3.8, 4) is 0 Å². The van der Waals surface area contributed by atoms with E-state index in [-0.39, 0.29) is 28.5 Å². The molecule has 0 aliphatic carbocycles. The normalized spacial score (nSPS) is 12.0. The van der Waals surface area contributed by atoms with Gasteiger partial charge in [-0.2, -0.15) is 4.31 Å². The van der Waals surface area contributed by atoms with E-state index in [2.05, 4.69) is 4.98 Å². The fourth-order valence-electron chi connectivity index (χ4n) is 2.01. The molecule has 21 heavy (non-hydrogen) atoms. The molecule has 1 N–H and O–H groups in total. The Morgan fingerprint density at radius 3 is 2.62 bits per heavy atom. The molecule has 0 radical (unpaired) electrons. The zero-order valence-electron chi connectivity index (χ0n) is 11.7. The molecule has 7 nitrogen and oxygen atoms in total. The van der Waals surface area contributed by atoms with Gasteiger partial charge in [0.25, 0.3) is 0 Å². The number of carboxylic acid groups (broad SMARTS) is 1. The van der Waals surface area contributed by atoms with Crippen molar-refractivity contribution in [2.75, 3.05) is 7.05 Å². The Labute approximate surface area is 125 Å². The van der Waals surface area contributed by atoms with Gasteiger partial charge in [0.1, 0.15) is 22.0 Å². The van der Waals surface area contributed by atoms with Crippen molar-refractivity contribution in [3.63, 3.8) is 0 Å². The Bertz CT molecular complexity index is 762. The number of aryl methyl sites for hydroxylation is 2. The van der Waals surface area contributed by atoms with Crippen LogP contribution in [-0.2, 0) is 16.6 Å². The van der Waals surface area contributed by atoms with Gasteiger partial charge in [-0.05, 0) is 13.8 Å². The topological polar surface area (TPSA) is 101 Å². The molecule has 2 aromatic rings. The third-order valence-corrected chi connectivity index (χ3v) is 5.55. The molecule has 2 aromatic heterocycles. The Morgan fingerprint density at radius 1 is 1.43 bits per heavy atom. The van der Waals surface area contributed by atoms with Gasteiger partial charge in [0.05, 0.1) is 17.7 Å². The molecule has 0 saturated heterocycles. The maximum absolute atomic E-state index is 12.6. The molecular formula is C12H14N2O5S2. The summed E-state index contributed by atoms with van der Waals surface area (Å²) in [6.07, 6.45) is 0. The fourth-order valence-corrected chi connectivity index (χ4v) is 4.06. The number of furan rings is 1. The molecule has 0 spiro atoms. The lowest BCUT2D eigenvalue weighted by atomic mass is 10.2. The van der Waals surface area contributed by atoms with Crippen LogP contribution in [0.25, 0.3) is 0 Å². The molecule has 0 aliphatic rings. The Hall–Kier alpha value is -1.71. The van der Waals surface area contributed by atoms with Crippen molar-refractivity contribution >= 4 is 27.3 Å². The highest BCUT2D eigenvalue weighted by Crippen LogP contribution is 2.29. The fraction of sp³-hybridized carbons (Fsp3) is 0.333. The second-order valence-corrected chi connectivity index (χ2v) is 7.16. The smallest absolute Gasteiger partial charge is 0.340 e. The van der Waals surface area contributed by atoms with Crippen molar-refractivity contribution in [1.29, 1.82) is 0 Å². The summed E-state index contributed by atoms with van der Waals surface area (Å²) in [4.78, 5) is 15.0. The molecule has 114 valence electrons. The predicted molar refractivity (Wildman–Crippen MR) is 75.9 cm³/mol. The van der Waals surface area contributed by atoms with E-state index in [1.165, 1.54) is 32.2 Å². The molecular weight excluding hydrogens is 316 g/mol. The van der Waals surface area contributed by atoms with Crippen LogP contribution in [0.3, 0.4) is 0 Å². The average molecular weight is 330 g/mol. The highest BCUT2D eigenvalue weighted by atomic mass is 32.2. The number of aromatic nitrogens is 1. The molecule has 0 fully saturated rings. The summed E-state index contributed by atoms with van der Waals surface area (Å²) in [5.41, 5.74) is 1.88. The number of carboxylic acids is 1. The maximum atomic E-state index is 12.6. The molecule has 0 amide bonds. The number of aromatic carboxylic acids is 1. The van der Waals surface area contributed by atoms with Crippen LogP contribution in [0.15, 0.2) is 20.2 Å². The summed E-state index contributed by atoms with van der Waals surface area (Å²) in [6, 6.07) is 0. The third kappa shape index (κ3) is 2.85. The van der Waals surface area contributed by atoms with E-state index in [1.807, 2.05) is 0 Å². The molecule has 0 unspecified atom stereocenters. The van der Waals surface area contributed by atoms with Gasteiger partial charge in [0, 0.05) is 12.4 Å². The quantitative estimate of drug-likeness (QED) is 0.898. The molecule has 2 heterocycles. The van der Waals surface area contributed by atoms with Crippen molar-refractivity contribution < 1.29 is 22.7 Å². The molecule has 9 heteroatoms. The standard InChI is InChI=1S/C12H14N2O5S2/c1-7-10(12(15)16)11(8(2)19-7)21(17,18)14(3)4-9-5-20-6-13-9/h5-6H,4H2,1-3H3,(H,15,16). The first-order valence-electron chi connectivity index (χ1n) is 5.91. The van der Waals surface area contributed by atoms with Crippen LogP contribution in [-0.4, -0.2) is 35.8 Å². The zero-order valence-corrected chi connectivity index (χ0v) is 13.3. The number of hydrogen-bond donors (Lipinski definition) is 1. The molecule has 0 aliphatic heterocycles. The minimum Gasteiger partial charge on any atom is -0.478 e. The molecule has 0 atom stereocenters. The van der Waals surface area contributed by atoms with Gasteiger partial charge in [-0.1, -0.05) is 0 Å². The number of rotatable bonds is 5. The van der Waals surface area contributed by atoms with Crippen LogP contribution in [0.5, 0.6) is 0 Å². The van der Waals surface area contributed by atoms with Gasteiger partial charge >= 0.3 is 5.97 Å². The number of sulfonamides is 1. The first-order chi connectivity index (χ1) is 9.75. The van der Waals surface area contributed by atoms with Crippen LogP contribution in [0, 0.1) is 13.8 Å². The van der Waals surface area contributed by atoms with Crippen LogP contribution in [0.4, 0.5) is 0 Å². The second-order valence-electron chi connectivity index (χ2n) is 4.46. The summed E-state index contributed by atoms with van der Waals surface area (Å²) in [5.74, 6) is -1.19. The second kappa shape index (κ2) is 5.58. The number of nitrogens with zero attached hydrogens (tertiary/aromatic N) is 2. The molecule has 0 bridgehead atoms. The van der Waals surface area contributed by atoms with E-state index in [0.29, 0.717) is 5.69 Å². The predicted octanol–water partition coefficient (Wildman–Crippen LogP) is 1.87. The summed E-state index contributed by atoms with van der Waals surface area (Å²) in [6.45, 7) is 2.92. The Morgan fingerprint density at radius 2 is 2.10 bits per heavy atom. The van der Waals surface area contributed by atoms with E-state index in [0.717, 1.165) is 4.31 Å². The zero-order chi connectivity index (χ0) is 15.8. The largest absolute Gasteiger partial charge is 0.478 e. The minimum absolute atomic E-state index is 0.0640. The highest BCUT2D eigenvalue weighted by molar-refractivity contribution is 7.89. The average Bonchev–Trinajstić information content (AvgIpc) is 2.96. The minimum atomic E-state index is -3.98. The van der Waals surface area contributed by atoms with Crippen molar-refractivity contribution in [2.45, 2.75) is 25.3 Å². The van der Waals surface area contributed by atoms with Gasteiger partial charge in [0.15, 0.2) is 0 Å². The lowest BCUT2D eigenvalue weighted by molar-refractivity contribution is 0.0691. The first kappa shape index (κ1) is 15.7. The Balaban J connectivity index is 2.47. The number of thiazole rings is 1. The van der Waals surface area contributed by atoms with E-state index in [9.17, 15) is 18.3 Å². The van der Waals surface area contributed by atoms with E-state index < -0.39 is 16.0 Å². The van der Waals surface area contributed by atoms with Crippen molar-refractivity contribution in [2.24, 2.45) is 0 Å². The van der Waals surface area contributed by atoms with Gasteiger partial charge in [-0.3, -0.25) is 0 Å². The van der Waals surface area contributed by atoms with Crippen LogP contribution < -0.4 is 0 Å². The summed E-state index contributed by atoms with van der Waals surface area (Å²) in [7, 11) is -2.60. The third-order valence-electron chi connectivity index (χ3n) is 2.96. The molecule has 0 saturated carbocycles. The molecule has 0 aromatic carbocycles. The van der Waals surface area contributed by atoms with Gasteiger partial charge < -0.3 is 9.52 Å². The Kier molecular flexibility index (Phi) is 4.17. The monoisotopic (exact) mass is 330 g/mol. The van der Waals surface area contributed by atoms with E-state index in [1.54, 1.807) is 10.9 Å². The van der Waals surface area contributed by atoms with E-state index >= 15 is 0 Å². The highest BCUT2D eigenvalue weighted by Gasteiger charge is 2.33. The maximum Gasteiger partial charge on any atom is 0.340 e. The lowest BCUT2D eigenvalue weighted by Gasteiger charge is -2.16. The summed E-state index contributed by atoms with van der Waals surface area (Å²) < 4.78 is 31.4. The van der Waals surface area contributed by atoms with Crippen molar-refractivity contribution in [3.05, 3.63) is 33.7 Å². The summed E-state index contributed by atoms with van der Waals surface area (Å²) in [5, 5.41) is 10.9. The van der Waals surface area contributed by atoms with Gasteiger partial charge in [0.2, 0.25) is 10.0 Å². The lowest BCUT2D eigenvalue weighted by Crippen LogP contribution is -2.28. The van der Waals surface area contributed by atoms with Crippen molar-refractivity contribution in [1.82, 2.24) is 9.29 Å². The first-order valence-corrected chi connectivity index (χ1v) is 8.30. The van der Waals surface area contributed by atoms with Crippen LogP contribution in [0.2, 0.25) is 0 Å². The van der Waals surface area contributed by atoms with Crippen LogP contribution in [0.1, 0.15) is 27.6 Å². The molecule has 2 rings (SSSR count). The van der Waals surface area contributed by atoms with E-state index in [4.69, 9.17) is 4.42 Å². The van der Waals surface area contributed by atoms with Gasteiger partial charge in [-0.25, -0.2) is 18.2 Å². The SMILES string of the molecule is Cc1oc(C)c(S(=O)(=O)N(C)Cc2cscn2)c1C(=O)O. The number of carbonyl (C=O) groups is 1.